The fourth-order valence-electron chi connectivity index (χ4n) is 1.92. The number of aromatic amines is 1. The number of aryl methyl sites for hydroxylation is 1. The predicted octanol–water partition coefficient (Wildman–Crippen LogP) is 1.93. The van der Waals surface area contributed by atoms with Gasteiger partial charge in [0.15, 0.2) is 0 Å². The molecule has 0 fully saturated rings. The molecule has 0 aliphatic rings. The number of hydrogen-bond donors (Lipinski definition) is 1. The first-order valence-electron chi connectivity index (χ1n) is 6.55. The summed E-state index contributed by atoms with van der Waals surface area (Å²) in [4.78, 5) is 26.0. The first-order valence-corrected chi connectivity index (χ1v) is 6.55. The normalized spacial score (nSPS) is 10.1. The second kappa shape index (κ2) is 6.57. The summed E-state index contributed by atoms with van der Waals surface area (Å²) in [7, 11) is 0. The molecule has 2 rings (SSSR count). The van der Waals surface area contributed by atoms with E-state index < -0.39 is 5.97 Å². The molecule has 2 aromatic rings. The van der Waals surface area contributed by atoms with E-state index in [-0.39, 0.29) is 12.3 Å². The Labute approximate surface area is 121 Å². The van der Waals surface area contributed by atoms with E-state index in [2.05, 4.69) is 4.98 Å². The van der Waals surface area contributed by atoms with Gasteiger partial charge in [-0.3, -0.25) is 4.57 Å². The van der Waals surface area contributed by atoms with Crippen molar-refractivity contribution in [1.82, 2.24) is 9.55 Å². The molecule has 0 saturated heterocycles. The number of aromatic nitrogens is 2. The van der Waals surface area contributed by atoms with E-state index in [1.807, 2.05) is 13.0 Å². The minimum Gasteiger partial charge on any atom is -0.462 e. The van der Waals surface area contributed by atoms with E-state index in [9.17, 15) is 9.59 Å². The maximum absolute atomic E-state index is 11.8. The molecule has 0 spiro atoms. The largest absolute Gasteiger partial charge is 0.462 e. The molecule has 1 aromatic heterocycles. The van der Waals surface area contributed by atoms with Crippen molar-refractivity contribution < 1.29 is 9.53 Å². The van der Waals surface area contributed by atoms with Gasteiger partial charge in [-0.1, -0.05) is 0 Å². The number of rotatable bonds is 5. The number of hydrogen-bond acceptors (Lipinski definition) is 4. The third kappa shape index (κ3) is 3.39. The first kappa shape index (κ1) is 14.6. The van der Waals surface area contributed by atoms with Gasteiger partial charge < -0.3 is 9.72 Å². The molecule has 1 heterocycles. The Morgan fingerprint density at radius 1 is 1.38 bits per heavy atom. The maximum Gasteiger partial charge on any atom is 0.338 e. The lowest BCUT2D eigenvalue weighted by Gasteiger charge is -2.06. The van der Waals surface area contributed by atoms with Gasteiger partial charge in [0.05, 0.1) is 23.9 Å². The fraction of sp³-hybridized carbons (Fsp3) is 0.267. The number of H-pyrrole nitrogens is 1. The number of imidazole rings is 1. The van der Waals surface area contributed by atoms with E-state index >= 15 is 0 Å². The first-order chi connectivity index (χ1) is 10.1. The Kier molecular flexibility index (Phi) is 4.57. The molecule has 6 heteroatoms. The highest BCUT2D eigenvalue weighted by molar-refractivity contribution is 5.89. The number of nitrogens with zero attached hydrogens (tertiary/aromatic N) is 2. The zero-order valence-corrected chi connectivity index (χ0v) is 11.6. The molecule has 108 valence electrons. The van der Waals surface area contributed by atoms with Gasteiger partial charge in [-0.05, 0) is 37.6 Å². The van der Waals surface area contributed by atoms with Gasteiger partial charge >= 0.3 is 11.7 Å². The number of carbonyl (C=O) groups is 1. The Morgan fingerprint density at radius 3 is 2.67 bits per heavy atom. The van der Waals surface area contributed by atoms with Crippen LogP contribution in [0, 0.1) is 18.3 Å². The van der Waals surface area contributed by atoms with Crippen LogP contribution in [0.15, 0.2) is 35.3 Å². The molecule has 0 amide bonds. The summed E-state index contributed by atoms with van der Waals surface area (Å²) < 4.78 is 6.56. The van der Waals surface area contributed by atoms with Gasteiger partial charge in [-0.2, -0.15) is 5.26 Å². The Morgan fingerprint density at radius 2 is 2.10 bits per heavy atom. The van der Waals surface area contributed by atoms with E-state index in [0.29, 0.717) is 24.1 Å². The van der Waals surface area contributed by atoms with Gasteiger partial charge in [-0.15, -0.1) is 0 Å². The van der Waals surface area contributed by atoms with Crippen molar-refractivity contribution in [3.8, 4) is 11.8 Å². The molecule has 21 heavy (non-hydrogen) atoms. The molecule has 1 N–H and O–H groups in total. The molecule has 0 unspecified atom stereocenters. The lowest BCUT2D eigenvalue weighted by molar-refractivity contribution is 0.0501. The van der Waals surface area contributed by atoms with Gasteiger partial charge in [0.1, 0.15) is 0 Å². The number of nitriles is 1. The van der Waals surface area contributed by atoms with Crippen molar-refractivity contribution in [3.63, 3.8) is 0 Å². The van der Waals surface area contributed by atoms with Crippen molar-refractivity contribution >= 4 is 5.97 Å². The summed E-state index contributed by atoms with van der Waals surface area (Å²) in [6, 6.07) is 8.59. The van der Waals surface area contributed by atoms with Crippen LogP contribution in [-0.4, -0.2) is 22.1 Å². The molecule has 0 bridgehead atoms. The average molecular weight is 285 g/mol. The van der Waals surface area contributed by atoms with Gasteiger partial charge in [0, 0.05) is 18.3 Å². The average Bonchev–Trinajstić information content (AvgIpc) is 2.83. The van der Waals surface area contributed by atoms with Crippen molar-refractivity contribution in [1.29, 1.82) is 5.26 Å². The summed E-state index contributed by atoms with van der Waals surface area (Å²) >= 11 is 0. The molecule has 0 radical (unpaired) electrons. The molecular weight excluding hydrogens is 270 g/mol. The molecule has 0 saturated carbocycles. The van der Waals surface area contributed by atoms with Crippen molar-refractivity contribution in [2.24, 2.45) is 0 Å². The zero-order valence-electron chi connectivity index (χ0n) is 11.6. The van der Waals surface area contributed by atoms with Crippen LogP contribution in [0.25, 0.3) is 5.69 Å². The van der Waals surface area contributed by atoms with Crippen LogP contribution in [0.3, 0.4) is 0 Å². The maximum atomic E-state index is 11.8. The topological polar surface area (TPSA) is 87.9 Å². The molecular formula is C15H15N3O3. The third-order valence-electron chi connectivity index (χ3n) is 2.99. The van der Waals surface area contributed by atoms with Gasteiger partial charge in [0.25, 0.3) is 0 Å². The summed E-state index contributed by atoms with van der Waals surface area (Å²) in [6.45, 7) is 2.04. The van der Waals surface area contributed by atoms with Crippen LogP contribution in [0.5, 0.6) is 0 Å². The lowest BCUT2D eigenvalue weighted by atomic mass is 10.2. The van der Waals surface area contributed by atoms with E-state index in [4.69, 9.17) is 10.00 Å². The molecule has 0 aliphatic heterocycles. The molecule has 1 aromatic carbocycles. The van der Waals surface area contributed by atoms with Crippen LogP contribution < -0.4 is 5.69 Å². The Hall–Kier alpha value is -2.81. The van der Waals surface area contributed by atoms with Crippen molar-refractivity contribution in [3.05, 3.63) is 52.2 Å². The SMILES string of the molecule is Cc1c[nH]c(=O)n1-c1ccc(C(=O)OCCCC#N)cc1. The minimum absolute atomic E-state index is 0.223. The van der Waals surface area contributed by atoms with Crippen molar-refractivity contribution in [2.75, 3.05) is 6.61 Å². The van der Waals surface area contributed by atoms with Crippen LogP contribution in [0.4, 0.5) is 0 Å². The highest BCUT2D eigenvalue weighted by atomic mass is 16.5. The summed E-state index contributed by atoms with van der Waals surface area (Å²) in [6.07, 6.45) is 2.51. The monoisotopic (exact) mass is 285 g/mol. The highest BCUT2D eigenvalue weighted by Crippen LogP contribution is 2.11. The van der Waals surface area contributed by atoms with Crippen LogP contribution in [0.2, 0.25) is 0 Å². The van der Waals surface area contributed by atoms with E-state index in [1.165, 1.54) is 4.57 Å². The Balaban J connectivity index is 2.07. The Bertz CT molecular complexity index is 720. The van der Waals surface area contributed by atoms with E-state index in [1.54, 1.807) is 30.5 Å². The van der Waals surface area contributed by atoms with Gasteiger partial charge in [-0.25, -0.2) is 9.59 Å². The van der Waals surface area contributed by atoms with Crippen molar-refractivity contribution in [2.45, 2.75) is 19.8 Å². The van der Waals surface area contributed by atoms with Crippen LogP contribution >= 0.6 is 0 Å². The summed E-state index contributed by atoms with van der Waals surface area (Å²) in [5.41, 5.74) is 1.66. The molecule has 6 nitrogen and oxygen atoms in total. The van der Waals surface area contributed by atoms with Crippen LogP contribution in [0.1, 0.15) is 28.9 Å². The fourth-order valence-corrected chi connectivity index (χ4v) is 1.92. The number of nitrogens with one attached hydrogen (secondary N) is 1. The number of ether oxygens (including phenoxy) is 1. The summed E-state index contributed by atoms with van der Waals surface area (Å²) in [5.74, 6) is -0.433. The second-order valence-electron chi connectivity index (χ2n) is 4.52. The van der Waals surface area contributed by atoms with Gasteiger partial charge in [0.2, 0.25) is 0 Å². The standard InChI is InChI=1S/C15H15N3O3/c1-11-10-17-15(20)18(11)13-6-4-12(5-7-13)14(19)21-9-3-2-8-16/h4-7,10H,2-3,9H2,1H3,(H,17,20). The predicted molar refractivity (Wildman–Crippen MR) is 76.3 cm³/mol. The summed E-state index contributed by atoms with van der Waals surface area (Å²) in [5, 5.41) is 8.39. The quantitative estimate of drug-likeness (QED) is 0.671. The third-order valence-corrected chi connectivity index (χ3v) is 2.99. The lowest BCUT2D eigenvalue weighted by Crippen LogP contribution is -2.16. The van der Waals surface area contributed by atoms with E-state index in [0.717, 1.165) is 5.69 Å². The number of unbranched alkanes of at least 4 members (excludes halogenated alkanes) is 1. The smallest absolute Gasteiger partial charge is 0.338 e. The number of carbonyl (C=O) groups excluding carboxylic acids is 1. The van der Waals surface area contributed by atoms with Crippen LogP contribution in [-0.2, 0) is 4.74 Å². The zero-order chi connectivity index (χ0) is 15.2. The minimum atomic E-state index is -0.433. The second-order valence-corrected chi connectivity index (χ2v) is 4.52. The molecule has 0 aliphatic carbocycles. The highest BCUT2D eigenvalue weighted by Gasteiger charge is 2.09. The number of esters is 1. The number of benzene rings is 1. The molecule has 0 atom stereocenters.